The lowest BCUT2D eigenvalue weighted by Gasteiger charge is -2.22. The van der Waals surface area contributed by atoms with E-state index in [1.165, 1.54) is 4.90 Å². The van der Waals surface area contributed by atoms with E-state index in [-0.39, 0.29) is 6.61 Å². The molecule has 5 rings (SSSR count). The number of rotatable bonds is 8. The molecule has 0 unspecified atom stereocenters. The molecule has 1 aliphatic rings. The second-order valence-corrected chi connectivity index (χ2v) is 8.85. The zero-order valence-electron chi connectivity index (χ0n) is 20.5. The monoisotopic (exact) mass is 498 g/mol. The summed E-state index contributed by atoms with van der Waals surface area (Å²) in [5, 5.41) is 13.6. The number of carboxylic acids is 1. The zero-order valence-corrected chi connectivity index (χ0v) is 20.5. The standard InChI is InChI=1S/C29H26N2O6/c1-3-35-28(34)31(22-7-5-4-6-8-22)25-19(2)30-37-26(25)20-9-13-23(14-10-20)36-24-15-11-21(12-16-24)29(17-18-29)27(32)33/h4-16H,3,17-18H2,1-2H3,(H,32,33). The second-order valence-electron chi connectivity index (χ2n) is 8.85. The van der Waals surface area contributed by atoms with Gasteiger partial charge < -0.3 is 19.1 Å². The number of ether oxygens (including phenoxy) is 2. The number of nitrogens with zero attached hydrogens (tertiary/aromatic N) is 2. The topological polar surface area (TPSA) is 102 Å². The summed E-state index contributed by atoms with van der Waals surface area (Å²) in [6.07, 6.45) is 0.788. The van der Waals surface area contributed by atoms with Gasteiger partial charge in [-0.05, 0) is 80.8 Å². The molecule has 1 fully saturated rings. The third-order valence-corrected chi connectivity index (χ3v) is 6.44. The molecule has 1 saturated carbocycles. The highest BCUT2D eigenvalue weighted by atomic mass is 16.6. The van der Waals surface area contributed by atoms with E-state index < -0.39 is 17.5 Å². The summed E-state index contributed by atoms with van der Waals surface area (Å²) in [5.74, 6) is 0.840. The molecule has 0 bridgehead atoms. The first-order chi connectivity index (χ1) is 17.9. The van der Waals surface area contributed by atoms with E-state index in [1.807, 2.05) is 54.6 Å². The Hall–Kier alpha value is -4.59. The summed E-state index contributed by atoms with van der Waals surface area (Å²) >= 11 is 0. The number of aromatic nitrogens is 1. The second kappa shape index (κ2) is 9.81. The van der Waals surface area contributed by atoms with Crippen LogP contribution >= 0.6 is 0 Å². The Kier molecular flexibility index (Phi) is 6.40. The highest BCUT2D eigenvalue weighted by Crippen LogP contribution is 2.48. The Morgan fingerprint density at radius 1 is 0.973 bits per heavy atom. The Morgan fingerprint density at radius 3 is 2.16 bits per heavy atom. The smallest absolute Gasteiger partial charge is 0.419 e. The molecule has 0 saturated heterocycles. The van der Waals surface area contributed by atoms with Crippen LogP contribution in [0.25, 0.3) is 11.3 Å². The van der Waals surface area contributed by atoms with Crippen molar-refractivity contribution in [3.63, 3.8) is 0 Å². The summed E-state index contributed by atoms with van der Waals surface area (Å²) in [5.41, 5.74) is 2.43. The van der Waals surface area contributed by atoms with Crippen molar-refractivity contribution >= 4 is 23.4 Å². The van der Waals surface area contributed by atoms with Crippen LogP contribution < -0.4 is 9.64 Å². The minimum Gasteiger partial charge on any atom is -0.481 e. The SMILES string of the molecule is CCOC(=O)N(c1ccccc1)c1c(C)noc1-c1ccc(Oc2ccc(C3(C(=O)O)CC3)cc2)cc1. The average molecular weight is 499 g/mol. The van der Waals surface area contributed by atoms with E-state index in [4.69, 9.17) is 14.0 Å². The fourth-order valence-electron chi connectivity index (χ4n) is 4.31. The minimum absolute atomic E-state index is 0.228. The number of amides is 1. The number of hydrogen-bond acceptors (Lipinski definition) is 6. The molecule has 0 spiro atoms. The Morgan fingerprint density at radius 2 is 1.59 bits per heavy atom. The van der Waals surface area contributed by atoms with Gasteiger partial charge in [-0.3, -0.25) is 4.79 Å². The molecule has 1 heterocycles. The molecule has 188 valence electrons. The fourth-order valence-corrected chi connectivity index (χ4v) is 4.31. The third-order valence-electron chi connectivity index (χ3n) is 6.44. The van der Waals surface area contributed by atoms with E-state index in [1.54, 1.807) is 38.1 Å². The van der Waals surface area contributed by atoms with E-state index in [0.29, 0.717) is 52.7 Å². The number of hydrogen-bond donors (Lipinski definition) is 1. The van der Waals surface area contributed by atoms with Crippen LogP contribution in [-0.2, 0) is 14.9 Å². The van der Waals surface area contributed by atoms with Crippen LogP contribution in [0.5, 0.6) is 11.5 Å². The Labute approximate surface area is 214 Å². The summed E-state index contributed by atoms with van der Waals surface area (Å²) in [6, 6.07) is 23.6. The maximum absolute atomic E-state index is 12.9. The summed E-state index contributed by atoms with van der Waals surface area (Å²) in [7, 11) is 0. The van der Waals surface area contributed by atoms with Crippen molar-refractivity contribution in [2.75, 3.05) is 11.5 Å². The molecule has 8 heteroatoms. The van der Waals surface area contributed by atoms with Gasteiger partial charge in [0.2, 0.25) is 0 Å². The first-order valence-corrected chi connectivity index (χ1v) is 12.0. The molecule has 0 atom stereocenters. The third kappa shape index (κ3) is 4.65. The first kappa shape index (κ1) is 24.1. The summed E-state index contributed by atoms with van der Waals surface area (Å²) < 4.78 is 16.9. The van der Waals surface area contributed by atoms with Gasteiger partial charge in [-0.2, -0.15) is 0 Å². The summed E-state index contributed by atoms with van der Waals surface area (Å²) in [4.78, 5) is 26.0. The normalized spacial score (nSPS) is 13.6. The largest absolute Gasteiger partial charge is 0.481 e. The number of benzene rings is 3. The van der Waals surface area contributed by atoms with Crippen molar-refractivity contribution in [2.45, 2.75) is 32.1 Å². The highest BCUT2D eigenvalue weighted by Gasteiger charge is 2.51. The quantitative estimate of drug-likeness (QED) is 0.283. The van der Waals surface area contributed by atoms with Crippen LogP contribution in [0.3, 0.4) is 0 Å². The molecular formula is C29H26N2O6. The Bertz CT molecular complexity index is 1410. The van der Waals surface area contributed by atoms with Crippen molar-refractivity contribution in [3.05, 3.63) is 90.1 Å². The summed E-state index contributed by atoms with van der Waals surface area (Å²) in [6.45, 7) is 3.76. The van der Waals surface area contributed by atoms with Gasteiger partial charge >= 0.3 is 12.1 Å². The lowest BCUT2D eigenvalue weighted by Crippen LogP contribution is -2.27. The maximum atomic E-state index is 12.9. The van der Waals surface area contributed by atoms with Crippen molar-refractivity contribution in [2.24, 2.45) is 0 Å². The van der Waals surface area contributed by atoms with Crippen LogP contribution in [-0.4, -0.2) is 28.9 Å². The van der Waals surface area contributed by atoms with Crippen molar-refractivity contribution in [3.8, 4) is 22.8 Å². The van der Waals surface area contributed by atoms with E-state index in [0.717, 1.165) is 5.56 Å². The van der Waals surface area contributed by atoms with Crippen LogP contribution in [0.1, 0.15) is 31.0 Å². The van der Waals surface area contributed by atoms with Gasteiger partial charge in [-0.1, -0.05) is 35.5 Å². The van der Waals surface area contributed by atoms with E-state index >= 15 is 0 Å². The average Bonchev–Trinajstić information content (AvgIpc) is 3.65. The number of anilines is 2. The van der Waals surface area contributed by atoms with Gasteiger partial charge in [0.25, 0.3) is 0 Å². The molecule has 1 N–H and O–H groups in total. The van der Waals surface area contributed by atoms with Crippen LogP contribution in [0.15, 0.2) is 83.4 Å². The van der Waals surface area contributed by atoms with Gasteiger partial charge in [0.05, 0.1) is 17.7 Å². The Balaban J connectivity index is 1.39. The van der Waals surface area contributed by atoms with Gasteiger partial charge in [0.1, 0.15) is 22.9 Å². The number of carbonyl (C=O) groups is 2. The van der Waals surface area contributed by atoms with Gasteiger partial charge in [-0.15, -0.1) is 0 Å². The molecule has 4 aromatic rings. The van der Waals surface area contributed by atoms with Gasteiger partial charge in [0, 0.05) is 5.56 Å². The number of carboxylic acid groups (broad SMARTS) is 1. The molecule has 37 heavy (non-hydrogen) atoms. The fraction of sp³-hybridized carbons (Fsp3) is 0.207. The van der Waals surface area contributed by atoms with E-state index in [2.05, 4.69) is 5.16 Å². The number of para-hydroxylation sites is 1. The predicted octanol–water partition coefficient (Wildman–Crippen LogP) is 6.85. The molecular weight excluding hydrogens is 472 g/mol. The highest BCUT2D eigenvalue weighted by molar-refractivity contribution is 6.00. The first-order valence-electron chi connectivity index (χ1n) is 12.0. The maximum Gasteiger partial charge on any atom is 0.419 e. The van der Waals surface area contributed by atoms with Gasteiger partial charge in [-0.25, -0.2) is 9.69 Å². The van der Waals surface area contributed by atoms with Crippen LogP contribution in [0, 0.1) is 6.92 Å². The molecule has 8 nitrogen and oxygen atoms in total. The van der Waals surface area contributed by atoms with Gasteiger partial charge in [0.15, 0.2) is 5.76 Å². The molecule has 0 aliphatic heterocycles. The van der Waals surface area contributed by atoms with Crippen molar-refractivity contribution in [1.29, 1.82) is 0 Å². The molecule has 1 aliphatic carbocycles. The number of aliphatic carboxylic acids is 1. The van der Waals surface area contributed by atoms with Crippen LogP contribution in [0.2, 0.25) is 0 Å². The lowest BCUT2D eigenvalue weighted by atomic mass is 9.96. The molecule has 1 aromatic heterocycles. The lowest BCUT2D eigenvalue weighted by molar-refractivity contribution is -0.140. The van der Waals surface area contributed by atoms with E-state index in [9.17, 15) is 14.7 Å². The molecule has 3 aromatic carbocycles. The molecule has 1 amide bonds. The predicted molar refractivity (Wildman–Crippen MR) is 137 cm³/mol. The molecule has 0 radical (unpaired) electrons. The number of aryl methyl sites for hydroxylation is 1. The van der Waals surface area contributed by atoms with Crippen molar-refractivity contribution < 1.29 is 28.7 Å². The van der Waals surface area contributed by atoms with Crippen LogP contribution in [0.4, 0.5) is 16.2 Å². The number of carbonyl (C=O) groups excluding carboxylic acids is 1. The minimum atomic E-state index is -0.785. The zero-order chi connectivity index (χ0) is 26.0. The van der Waals surface area contributed by atoms with Crippen molar-refractivity contribution in [1.82, 2.24) is 5.16 Å².